The Bertz CT molecular complexity index is 922. The van der Waals surface area contributed by atoms with E-state index >= 15 is 0 Å². The summed E-state index contributed by atoms with van der Waals surface area (Å²) < 4.78 is 0. The van der Waals surface area contributed by atoms with Crippen LogP contribution in [-0.2, 0) is 0 Å². The molecular formula is C25H29N. The third-order valence-electron chi connectivity index (χ3n) is 6.45. The minimum atomic E-state index is 0.417. The smallest absolute Gasteiger partial charge is 0.0429 e. The van der Waals surface area contributed by atoms with Crippen molar-refractivity contribution in [3.05, 3.63) is 64.7 Å². The molecule has 26 heavy (non-hydrogen) atoms. The molecule has 0 aliphatic heterocycles. The number of benzene rings is 2. The first-order valence-corrected chi connectivity index (χ1v) is 10.1. The molecule has 2 aliphatic carbocycles. The topological polar surface area (TPSA) is 23.9 Å². The Labute approximate surface area is 157 Å². The second kappa shape index (κ2) is 6.87. The fraction of sp³-hybridized carbons (Fsp3) is 0.400. The van der Waals surface area contributed by atoms with Crippen molar-refractivity contribution in [1.82, 2.24) is 0 Å². The predicted octanol–water partition coefficient (Wildman–Crippen LogP) is 7.16. The Morgan fingerprint density at radius 2 is 1.69 bits per heavy atom. The summed E-state index contributed by atoms with van der Waals surface area (Å²) in [5, 5.41) is 11.7. The van der Waals surface area contributed by atoms with Crippen LogP contribution in [0, 0.1) is 17.2 Å². The fourth-order valence-corrected chi connectivity index (χ4v) is 4.97. The molecule has 2 aromatic rings. The molecule has 0 amide bonds. The number of hydrogen-bond donors (Lipinski definition) is 1. The molecular weight excluding hydrogens is 314 g/mol. The molecule has 0 spiro atoms. The predicted molar refractivity (Wildman–Crippen MR) is 113 cm³/mol. The number of nitrogens with one attached hydrogen (secondary N) is 1. The van der Waals surface area contributed by atoms with E-state index in [0.717, 1.165) is 5.71 Å². The van der Waals surface area contributed by atoms with Crippen LogP contribution in [0.25, 0.3) is 16.3 Å². The molecule has 0 bridgehead atoms. The molecule has 1 saturated carbocycles. The highest BCUT2D eigenvalue weighted by molar-refractivity contribution is 6.14. The molecule has 0 heterocycles. The average Bonchev–Trinajstić information content (AvgIpc) is 2.93. The van der Waals surface area contributed by atoms with Crippen LogP contribution in [0.2, 0.25) is 0 Å². The molecule has 1 heteroatoms. The van der Waals surface area contributed by atoms with Gasteiger partial charge in [-0.05, 0) is 54.2 Å². The number of hydrogen-bond acceptors (Lipinski definition) is 1. The summed E-state index contributed by atoms with van der Waals surface area (Å²) >= 11 is 0. The van der Waals surface area contributed by atoms with Gasteiger partial charge in [-0.15, -0.1) is 0 Å². The standard InChI is InChI=1S/C25H29N/c1-16-15-17(2)23(18(16)3)22-14-13-19-9-7-8-12-21(19)24(22)25(26)20-10-5-4-6-11-20/h7-9,12-15,17,20,26H,4-6,10-11H2,1-3H3. The molecule has 0 radical (unpaired) electrons. The summed E-state index contributed by atoms with van der Waals surface area (Å²) in [5.74, 6) is 0.842. The van der Waals surface area contributed by atoms with E-state index in [4.69, 9.17) is 5.41 Å². The third-order valence-corrected chi connectivity index (χ3v) is 6.45. The number of rotatable bonds is 3. The summed E-state index contributed by atoms with van der Waals surface area (Å²) in [7, 11) is 0. The van der Waals surface area contributed by atoms with Crippen molar-refractivity contribution < 1.29 is 0 Å². The maximum atomic E-state index is 9.15. The van der Waals surface area contributed by atoms with Gasteiger partial charge in [-0.25, -0.2) is 0 Å². The maximum Gasteiger partial charge on any atom is 0.0429 e. The molecule has 1 nitrogen and oxygen atoms in total. The zero-order valence-electron chi connectivity index (χ0n) is 16.2. The molecule has 0 saturated heterocycles. The van der Waals surface area contributed by atoms with Gasteiger partial charge in [0.25, 0.3) is 0 Å². The van der Waals surface area contributed by atoms with Crippen LogP contribution in [0.5, 0.6) is 0 Å². The van der Waals surface area contributed by atoms with Crippen LogP contribution < -0.4 is 0 Å². The lowest BCUT2D eigenvalue weighted by Gasteiger charge is -2.26. The van der Waals surface area contributed by atoms with Gasteiger partial charge in [-0.1, -0.05) is 74.2 Å². The van der Waals surface area contributed by atoms with Crippen molar-refractivity contribution in [2.75, 3.05) is 0 Å². The van der Waals surface area contributed by atoms with Gasteiger partial charge in [-0.3, -0.25) is 0 Å². The summed E-state index contributed by atoms with van der Waals surface area (Å²) in [6, 6.07) is 13.1. The second-order valence-electron chi connectivity index (χ2n) is 8.13. The summed E-state index contributed by atoms with van der Waals surface area (Å²) in [6.07, 6.45) is 8.58. The molecule has 1 atom stereocenters. The Balaban J connectivity index is 1.92. The fourth-order valence-electron chi connectivity index (χ4n) is 4.97. The van der Waals surface area contributed by atoms with Gasteiger partial charge in [0.05, 0.1) is 0 Å². The normalized spacial score (nSPS) is 21.3. The Morgan fingerprint density at radius 3 is 2.38 bits per heavy atom. The van der Waals surface area contributed by atoms with E-state index in [2.05, 4.69) is 63.2 Å². The van der Waals surface area contributed by atoms with Gasteiger partial charge in [0.2, 0.25) is 0 Å². The molecule has 4 rings (SSSR count). The third kappa shape index (κ3) is 2.84. The number of fused-ring (bicyclic) bond motifs is 1. The molecule has 134 valence electrons. The van der Waals surface area contributed by atoms with Gasteiger partial charge < -0.3 is 5.41 Å². The van der Waals surface area contributed by atoms with Crippen molar-refractivity contribution in [3.63, 3.8) is 0 Å². The summed E-state index contributed by atoms with van der Waals surface area (Å²) in [5.41, 5.74) is 7.55. The first-order chi connectivity index (χ1) is 12.6. The molecule has 1 fully saturated rings. The molecule has 0 aromatic heterocycles. The van der Waals surface area contributed by atoms with Gasteiger partial charge in [-0.2, -0.15) is 0 Å². The summed E-state index contributed by atoms with van der Waals surface area (Å²) in [4.78, 5) is 0. The van der Waals surface area contributed by atoms with Crippen molar-refractivity contribution in [3.8, 4) is 0 Å². The van der Waals surface area contributed by atoms with Crippen LogP contribution in [0.15, 0.2) is 53.6 Å². The Hall–Kier alpha value is -2.15. The van der Waals surface area contributed by atoms with Crippen molar-refractivity contribution in [2.45, 2.75) is 52.9 Å². The second-order valence-corrected chi connectivity index (χ2v) is 8.13. The van der Waals surface area contributed by atoms with Gasteiger partial charge >= 0.3 is 0 Å². The van der Waals surface area contributed by atoms with Crippen LogP contribution in [0.3, 0.4) is 0 Å². The zero-order chi connectivity index (χ0) is 18.3. The molecule has 2 aromatic carbocycles. The van der Waals surface area contributed by atoms with Gasteiger partial charge in [0.1, 0.15) is 0 Å². The Morgan fingerprint density at radius 1 is 0.962 bits per heavy atom. The SMILES string of the molecule is CC1=CC(C)C(c2ccc3ccccc3c2C(=N)C2CCCCC2)=C1C. The highest BCUT2D eigenvalue weighted by Crippen LogP contribution is 2.42. The quantitative estimate of drug-likeness (QED) is 0.572. The van der Waals surface area contributed by atoms with Gasteiger partial charge in [0.15, 0.2) is 0 Å². The van der Waals surface area contributed by atoms with Crippen LogP contribution in [0.1, 0.15) is 64.0 Å². The molecule has 1 unspecified atom stereocenters. The summed E-state index contributed by atoms with van der Waals surface area (Å²) in [6.45, 7) is 6.75. The highest BCUT2D eigenvalue weighted by Gasteiger charge is 2.27. The van der Waals surface area contributed by atoms with E-state index in [-0.39, 0.29) is 0 Å². The minimum Gasteiger partial charge on any atom is -0.304 e. The van der Waals surface area contributed by atoms with Crippen molar-refractivity contribution in [2.24, 2.45) is 11.8 Å². The zero-order valence-corrected chi connectivity index (χ0v) is 16.2. The average molecular weight is 344 g/mol. The lowest BCUT2D eigenvalue weighted by molar-refractivity contribution is 0.439. The Kier molecular flexibility index (Phi) is 4.56. The van der Waals surface area contributed by atoms with E-state index in [9.17, 15) is 0 Å². The lowest BCUT2D eigenvalue weighted by atomic mass is 9.78. The monoisotopic (exact) mass is 343 g/mol. The lowest BCUT2D eigenvalue weighted by Crippen LogP contribution is -2.20. The van der Waals surface area contributed by atoms with Crippen LogP contribution >= 0.6 is 0 Å². The van der Waals surface area contributed by atoms with E-state index < -0.39 is 0 Å². The molecule has 2 aliphatic rings. The number of allylic oxidation sites excluding steroid dienone is 4. The van der Waals surface area contributed by atoms with E-state index in [1.54, 1.807) is 0 Å². The van der Waals surface area contributed by atoms with Gasteiger partial charge in [0, 0.05) is 23.1 Å². The van der Waals surface area contributed by atoms with Crippen LogP contribution in [-0.4, -0.2) is 5.71 Å². The largest absolute Gasteiger partial charge is 0.304 e. The maximum absolute atomic E-state index is 9.15. The van der Waals surface area contributed by atoms with Crippen molar-refractivity contribution >= 4 is 22.1 Å². The first kappa shape index (κ1) is 17.3. The first-order valence-electron chi connectivity index (χ1n) is 10.1. The van der Waals surface area contributed by atoms with E-state index in [1.165, 1.54) is 70.7 Å². The van der Waals surface area contributed by atoms with Crippen molar-refractivity contribution in [1.29, 1.82) is 5.41 Å². The highest BCUT2D eigenvalue weighted by atomic mass is 14.5. The minimum absolute atomic E-state index is 0.417. The van der Waals surface area contributed by atoms with E-state index in [1.807, 2.05) is 0 Å². The van der Waals surface area contributed by atoms with Crippen LogP contribution in [0.4, 0.5) is 0 Å². The van der Waals surface area contributed by atoms with E-state index in [0.29, 0.717) is 11.8 Å². The molecule has 1 N–H and O–H groups in total.